The van der Waals surface area contributed by atoms with E-state index in [1.165, 1.54) is 12.8 Å². The molecule has 2 atom stereocenters. The molecule has 0 spiro atoms. The van der Waals surface area contributed by atoms with Crippen molar-refractivity contribution in [3.05, 3.63) is 0 Å². The fourth-order valence-corrected chi connectivity index (χ4v) is 2.11. The van der Waals surface area contributed by atoms with Crippen LogP contribution in [0, 0.1) is 5.92 Å². The van der Waals surface area contributed by atoms with Crippen LogP contribution in [0.1, 0.15) is 26.7 Å². The Morgan fingerprint density at radius 2 is 2.08 bits per heavy atom. The molecular weight excluding hydrogens is 197 g/mol. The van der Waals surface area contributed by atoms with Crippen LogP contribution in [0.5, 0.6) is 0 Å². The SMILES string of the molecule is CC1CCCN(C(=S)[S-])C1C.[Na+]. The van der Waals surface area contributed by atoms with Crippen molar-refractivity contribution in [2.75, 3.05) is 6.54 Å². The second-order valence-electron chi connectivity index (χ2n) is 3.32. The summed E-state index contributed by atoms with van der Waals surface area (Å²) >= 11 is 9.97. The summed E-state index contributed by atoms with van der Waals surface area (Å²) in [5.41, 5.74) is 0. The monoisotopic (exact) mass is 211 g/mol. The Hall–Kier alpha value is 1.11. The van der Waals surface area contributed by atoms with Gasteiger partial charge < -0.3 is 29.7 Å². The minimum atomic E-state index is 0. The van der Waals surface area contributed by atoms with E-state index < -0.39 is 0 Å². The number of nitrogens with zero attached hydrogens (tertiary/aromatic N) is 1. The summed E-state index contributed by atoms with van der Waals surface area (Å²) in [4.78, 5) is 2.17. The van der Waals surface area contributed by atoms with E-state index in [1.54, 1.807) is 0 Å². The molecule has 0 saturated carbocycles. The molecule has 1 saturated heterocycles. The molecule has 1 heterocycles. The minimum Gasteiger partial charge on any atom is -0.411 e. The van der Waals surface area contributed by atoms with Crippen molar-refractivity contribution in [2.24, 2.45) is 5.92 Å². The molecule has 12 heavy (non-hydrogen) atoms. The summed E-state index contributed by atoms with van der Waals surface area (Å²) in [6.45, 7) is 5.54. The van der Waals surface area contributed by atoms with Crippen LogP contribution in [0.4, 0.5) is 0 Å². The van der Waals surface area contributed by atoms with E-state index in [0.29, 0.717) is 10.4 Å². The van der Waals surface area contributed by atoms with Crippen LogP contribution in [-0.4, -0.2) is 21.8 Å². The van der Waals surface area contributed by atoms with Crippen LogP contribution in [0.2, 0.25) is 0 Å². The molecule has 4 heteroatoms. The number of rotatable bonds is 0. The molecule has 1 aliphatic rings. The molecule has 64 valence electrons. The van der Waals surface area contributed by atoms with E-state index in [2.05, 4.69) is 18.7 Å². The van der Waals surface area contributed by atoms with Crippen LogP contribution in [0.15, 0.2) is 0 Å². The van der Waals surface area contributed by atoms with E-state index in [-0.39, 0.29) is 29.6 Å². The summed E-state index contributed by atoms with van der Waals surface area (Å²) in [5, 5.41) is 0. The maximum atomic E-state index is 4.99. The summed E-state index contributed by atoms with van der Waals surface area (Å²) in [6, 6.07) is 0.550. The first-order chi connectivity index (χ1) is 5.13. The molecular formula is C8H14NNaS2. The summed E-state index contributed by atoms with van der Waals surface area (Å²) in [6.07, 6.45) is 2.55. The maximum absolute atomic E-state index is 4.99. The van der Waals surface area contributed by atoms with Gasteiger partial charge in [-0.3, -0.25) is 0 Å². The van der Waals surface area contributed by atoms with Crippen LogP contribution >= 0.6 is 12.2 Å². The van der Waals surface area contributed by atoms with E-state index in [4.69, 9.17) is 24.8 Å². The molecule has 1 rings (SSSR count). The number of thiocarbonyl (C=S) groups is 1. The van der Waals surface area contributed by atoms with Crippen molar-refractivity contribution in [3.63, 3.8) is 0 Å². The number of piperidine rings is 1. The largest absolute Gasteiger partial charge is 1.00 e. The van der Waals surface area contributed by atoms with Crippen molar-refractivity contribution >= 4 is 29.2 Å². The van der Waals surface area contributed by atoms with Crippen LogP contribution in [0.25, 0.3) is 0 Å². The molecule has 0 aliphatic carbocycles. The van der Waals surface area contributed by atoms with Crippen molar-refractivity contribution in [3.8, 4) is 0 Å². The standard InChI is InChI=1S/C8H15NS2.Na/c1-6-4-3-5-9(7(6)2)8(10)11;/h6-7H,3-5H2,1-2H3,(H,10,11);/q;+1/p-1. The van der Waals surface area contributed by atoms with Gasteiger partial charge in [-0.05, 0) is 25.7 Å². The Kier molecular flexibility index (Phi) is 6.29. The third-order valence-corrected chi connectivity index (χ3v) is 3.08. The first-order valence-corrected chi connectivity index (χ1v) is 4.92. The van der Waals surface area contributed by atoms with Gasteiger partial charge in [-0.15, -0.1) is 0 Å². The van der Waals surface area contributed by atoms with Gasteiger partial charge in [0.25, 0.3) is 0 Å². The smallest absolute Gasteiger partial charge is 0.411 e. The topological polar surface area (TPSA) is 3.24 Å². The zero-order chi connectivity index (χ0) is 8.43. The van der Waals surface area contributed by atoms with Gasteiger partial charge in [0, 0.05) is 12.6 Å². The predicted octanol–water partition coefficient (Wildman–Crippen LogP) is -1.06. The third kappa shape index (κ3) is 3.11. The number of hydrogen-bond acceptors (Lipinski definition) is 2. The first kappa shape index (κ1) is 13.1. The van der Waals surface area contributed by atoms with Gasteiger partial charge in [0.15, 0.2) is 0 Å². The maximum Gasteiger partial charge on any atom is 1.00 e. The summed E-state index contributed by atoms with van der Waals surface area (Å²) in [7, 11) is 0. The molecule has 0 bridgehead atoms. The predicted molar refractivity (Wildman–Crippen MR) is 54.5 cm³/mol. The average molecular weight is 211 g/mol. The molecule has 1 fully saturated rings. The van der Waals surface area contributed by atoms with Gasteiger partial charge in [0.05, 0.1) is 0 Å². The zero-order valence-electron chi connectivity index (χ0n) is 8.04. The summed E-state index contributed by atoms with van der Waals surface area (Å²) in [5.74, 6) is 0.740. The molecule has 1 aliphatic heterocycles. The van der Waals surface area contributed by atoms with Crippen molar-refractivity contribution in [1.82, 2.24) is 4.90 Å². The molecule has 0 amide bonds. The van der Waals surface area contributed by atoms with Crippen molar-refractivity contribution in [1.29, 1.82) is 0 Å². The normalized spacial score (nSPS) is 29.3. The van der Waals surface area contributed by atoms with Crippen molar-refractivity contribution < 1.29 is 29.6 Å². The van der Waals surface area contributed by atoms with Crippen LogP contribution in [-0.2, 0) is 12.6 Å². The Morgan fingerprint density at radius 3 is 2.50 bits per heavy atom. The van der Waals surface area contributed by atoms with Gasteiger partial charge in [-0.2, -0.15) is 0 Å². The van der Waals surface area contributed by atoms with Crippen LogP contribution < -0.4 is 29.6 Å². The fourth-order valence-electron chi connectivity index (χ4n) is 1.59. The van der Waals surface area contributed by atoms with Gasteiger partial charge in [0.2, 0.25) is 0 Å². The van der Waals surface area contributed by atoms with Gasteiger partial charge in [-0.25, -0.2) is 0 Å². The Morgan fingerprint density at radius 1 is 1.50 bits per heavy atom. The molecule has 0 aromatic heterocycles. The fraction of sp³-hybridized carbons (Fsp3) is 0.875. The summed E-state index contributed by atoms with van der Waals surface area (Å²) < 4.78 is 0.643. The van der Waals surface area contributed by atoms with E-state index >= 15 is 0 Å². The second-order valence-corrected chi connectivity index (χ2v) is 4.35. The Balaban J connectivity index is 0.00000121. The molecule has 2 unspecified atom stereocenters. The first-order valence-electron chi connectivity index (χ1n) is 4.10. The van der Waals surface area contributed by atoms with Gasteiger partial charge >= 0.3 is 29.6 Å². The molecule has 0 aromatic carbocycles. The van der Waals surface area contributed by atoms with E-state index in [0.717, 1.165) is 12.5 Å². The molecule has 0 radical (unpaired) electrons. The molecule has 0 aromatic rings. The number of hydrogen-bond donors (Lipinski definition) is 0. The zero-order valence-corrected chi connectivity index (χ0v) is 11.7. The van der Waals surface area contributed by atoms with E-state index in [1.807, 2.05) is 0 Å². The van der Waals surface area contributed by atoms with Crippen LogP contribution in [0.3, 0.4) is 0 Å². The quantitative estimate of drug-likeness (QED) is 0.286. The second kappa shape index (κ2) is 5.76. The molecule has 1 nitrogen and oxygen atoms in total. The van der Waals surface area contributed by atoms with E-state index in [9.17, 15) is 0 Å². The third-order valence-electron chi connectivity index (χ3n) is 2.61. The minimum absolute atomic E-state index is 0. The number of likely N-dealkylation sites (tertiary alicyclic amines) is 1. The Labute approximate surface area is 108 Å². The molecule has 0 N–H and O–H groups in total. The Bertz CT molecular complexity index is 163. The van der Waals surface area contributed by atoms with Gasteiger partial charge in [0.1, 0.15) is 0 Å². The van der Waals surface area contributed by atoms with Gasteiger partial charge in [-0.1, -0.05) is 11.2 Å². The van der Waals surface area contributed by atoms with Crippen molar-refractivity contribution in [2.45, 2.75) is 32.7 Å². The average Bonchev–Trinajstić information content (AvgIpc) is 1.94.